The minimum Gasteiger partial charge on any atom is -0.393 e. The molecular formula is C14H24N2O2. The van der Waals surface area contributed by atoms with Crippen molar-refractivity contribution in [3.63, 3.8) is 0 Å². The summed E-state index contributed by atoms with van der Waals surface area (Å²) < 4.78 is 0. The first kappa shape index (κ1) is 12.4. The normalized spacial score (nSPS) is 44.1. The number of nitrogens with zero attached hydrogens (tertiary/aromatic N) is 1. The lowest BCUT2D eigenvalue weighted by molar-refractivity contribution is -0.135. The number of aliphatic hydroxyl groups excluding tert-OH is 1. The molecule has 0 aromatic carbocycles. The lowest BCUT2D eigenvalue weighted by atomic mass is 9.94. The monoisotopic (exact) mass is 252 g/mol. The van der Waals surface area contributed by atoms with Gasteiger partial charge in [-0.05, 0) is 38.5 Å². The Labute approximate surface area is 109 Å². The number of likely N-dealkylation sites (tertiary alicyclic amines) is 1. The highest BCUT2D eigenvalue weighted by Gasteiger charge is 2.44. The first-order chi connectivity index (χ1) is 8.65. The molecule has 0 aromatic heterocycles. The van der Waals surface area contributed by atoms with Crippen LogP contribution in [0, 0.1) is 17.8 Å². The number of carbonyl (C=O) groups is 1. The summed E-state index contributed by atoms with van der Waals surface area (Å²) in [5, 5.41) is 13.3. The summed E-state index contributed by atoms with van der Waals surface area (Å²) in [6.45, 7) is 4.68. The molecule has 2 N–H and O–H groups in total. The van der Waals surface area contributed by atoms with Crippen LogP contribution in [0.3, 0.4) is 0 Å². The third kappa shape index (κ3) is 2.16. The van der Waals surface area contributed by atoms with Crippen LogP contribution in [0.4, 0.5) is 0 Å². The van der Waals surface area contributed by atoms with Gasteiger partial charge in [0.2, 0.25) is 5.91 Å². The molecule has 4 nitrogen and oxygen atoms in total. The molecule has 3 aliphatic rings. The predicted molar refractivity (Wildman–Crippen MR) is 69.0 cm³/mol. The van der Waals surface area contributed by atoms with E-state index < -0.39 is 0 Å². The SMILES string of the molecule is CC1CCC(C(=O)N2CC3CCC(O)C3C2)CN1. The van der Waals surface area contributed by atoms with Crippen LogP contribution in [0.5, 0.6) is 0 Å². The molecule has 2 heterocycles. The Morgan fingerprint density at radius 2 is 2.06 bits per heavy atom. The second-order valence-corrected chi connectivity index (χ2v) is 6.40. The van der Waals surface area contributed by atoms with Gasteiger partial charge in [0.05, 0.1) is 12.0 Å². The predicted octanol–water partition coefficient (Wildman–Crippen LogP) is 0.604. The lowest BCUT2D eigenvalue weighted by Crippen LogP contribution is -2.45. The molecule has 3 fully saturated rings. The van der Waals surface area contributed by atoms with Crippen molar-refractivity contribution in [1.82, 2.24) is 10.2 Å². The van der Waals surface area contributed by atoms with Crippen molar-refractivity contribution in [1.29, 1.82) is 0 Å². The molecule has 0 bridgehead atoms. The second kappa shape index (κ2) is 4.82. The molecule has 0 spiro atoms. The van der Waals surface area contributed by atoms with E-state index in [2.05, 4.69) is 12.2 Å². The molecule has 1 saturated carbocycles. The Morgan fingerprint density at radius 3 is 2.72 bits per heavy atom. The van der Waals surface area contributed by atoms with Crippen molar-refractivity contribution >= 4 is 5.91 Å². The zero-order valence-electron chi connectivity index (χ0n) is 11.1. The van der Waals surface area contributed by atoms with Crippen molar-refractivity contribution < 1.29 is 9.90 Å². The highest BCUT2D eigenvalue weighted by Crippen LogP contribution is 2.38. The van der Waals surface area contributed by atoms with Crippen LogP contribution >= 0.6 is 0 Å². The Balaban J connectivity index is 1.58. The summed E-state index contributed by atoms with van der Waals surface area (Å²) in [4.78, 5) is 14.5. The molecular weight excluding hydrogens is 228 g/mol. The Morgan fingerprint density at radius 1 is 1.22 bits per heavy atom. The van der Waals surface area contributed by atoms with Crippen LogP contribution in [0.25, 0.3) is 0 Å². The molecule has 5 unspecified atom stereocenters. The van der Waals surface area contributed by atoms with Crippen LogP contribution in [-0.4, -0.2) is 47.7 Å². The van der Waals surface area contributed by atoms with Gasteiger partial charge < -0.3 is 15.3 Å². The van der Waals surface area contributed by atoms with Gasteiger partial charge >= 0.3 is 0 Å². The first-order valence-corrected chi connectivity index (χ1v) is 7.35. The largest absolute Gasteiger partial charge is 0.393 e. The van der Waals surface area contributed by atoms with Gasteiger partial charge in [-0.2, -0.15) is 0 Å². The van der Waals surface area contributed by atoms with Gasteiger partial charge in [0, 0.05) is 31.6 Å². The first-order valence-electron chi connectivity index (χ1n) is 7.35. The second-order valence-electron chi connectivity index (χ2n) is 6.40. The number of hydrogen-bond donors (Lipinski definition) is 2. The highest BCUT2D eigenvalue weighted by atomic mass is 16.3. The number of nitrogens with one attached hydrogen (secondary N) is 1. The number of amides is 1. The standard InChI is InChI=1S/C14H24N2O2/c1-9-2-3-10(6-15-9)14(18)16-7-11-4-5-13(17)12(11)8-16/h9-13,15,17H,2-8H2,1H3. The molecule has 2 aliphatic heterocycles. The van der Waals surface area contributed by atoms with E-state index in [1.807, 2.05) is 4.90 Å². The van der Waals surface area contributed by atoms with Crippen molar-refractivity contribution in [2.45, 2.75) is 44.8 Å². The summed E-state index contributed by atoms with van der Waals surface area (Å²) in [6.07, 6.45) is 3.97. The average molecular weight is 252 g/mol. The number of piperidine rings is 1. The molecule has 0 radical (unpaired) electrons. The maximum atomic E-state index is 12.4. The fraction of sp³-hybridized carbons (Fsp3) is 0.929. The zero-order chi connectivity index (χ0) is 12.7. The van der Waals surface area contributed by atoms with Gasteiger partial charge in [-0.25, -0.2) is 0 Å². The van der Waals surface area contributed by atoms with Gasteiger partial charge in [0.1, 0.15) is 0 Å². The van der Waals surface area contributed by atoms with Gasteiger partial charge in [0.15, 0.2) is 0 Å². The highest BCUT2D eigenvalue weighted by molar-refractivity contribution is 5.79. The fourth-order valence-electron chi connectivity index (χ4n) is 3.88. The summed E-state index contributed by atoms with van der Waals surface area (Å²) in [6, 6.07) is 0.550. The fourth-order valence-corrected chi connectivity index (χ4v) is 3.88. The Kier molecular flexibility index (Phi) is 3.32. The van der Waals surface area contributed by atoms with Gasteiger partial charge in [0.25, 0.3) is 0 Å². The maximum Gasteiger partial charge on any atom is 0.226 e. The van der Waals surface area contributed by atoms with Crippen LogP contribution in [0.15, 0.2) is 0 Å². The van der Waals surface area contributed by atoms with Crippen LogP contribution in [-0.2, 0) is 4.79 Å². The molecule has 2 saturated heterocycles. The van der Waals surface area contributed by atoms with Crippen molar-refractivity contribution in [3.8, 4) is 0 Å². The van der Waals surface area contributed by atoms with E-state index in [1.54, 1.807) is 0 Å². The smallest absolute Gasteiger partial charge is 0.226 e. The maximum absolute atomic E-state index is 12.4. The third-order valence-electron chi connectivity index (χ3n) is 5.14. The van der Waals surface area contributed by atoms with Crippen molar-refractivity contribution in [2.24, 2.45) is 17.8 Å². The topological polar surface area (TPSA) is 52.6 Å². The van der Waals surface area contributed by atoms with Gasteiger partial charge in [-0.15, -0.1) is 0 Å². The van der Waals surface area contributed by atoms with E-state index in [9.17, 15) is 9.90 Å². The minimum atomic E-state index is -0.169. The number of carbonyl (C=O) groups excluding carboxylic acids is 1. The zero-order valence-corrected chi connectivity index (χ0v) is 11.1. The summed E-state index contributed by atoms with van der Waals surface area (Å²) in [5.41, 5.74) is 0. The van der Waals surface area contributed by atoms with E-state index in [0.717, 1.165) is 45.3 Å². The lowest BCUT2D eigenvalue weighted by Gasteiger charge is -2.30. The number of hydrogen-bond acceptors (Lipinski definition) is 3. The quantitative estimate of drug-likeness (QED) is 0.719. The van der Waals surface area contributed by atoms with Crippen molar-refractivity contribution in [2.75, 3.05) is 19.6 Å². The summed E-state index contributed by atoms with van der Waals surface area (Å²) in [5.74, 6) is 1.39. The third-order valence-corrected chi connectivity index (χ3v) is 5.14. The molecule has 102 valence electrons. The number of aliphatic hydroxyl groups is 1. The molecule has 1 aliphatic carbocycles. The minimum absolute atomic E-state index is 0.164. The van der Waals surface area contributed by atoms with E-state index in [0.29, 0.717) is 23.8 Å². The van der Waals surface area contributed by atoms with Crippen LogP contribution in [0.2, 0.25) is 0 Å². The Hall–Kier alpha value is -0.610. The van der Waals surface area contributed by atoms with Crippen LogP contribution < -0.4 is 5.32 Å². The van der Waals surface area contributed by atoms with E-state index in [-0.39, 0.29) is 12.0 Å². The number of fused-ring (bicyclic) bond motifs is 1. The summed E-state index contributed by atoms with van der Waals surface area (Å²) in [7, 11) is 0. The van der Waals surface area contributed by atoms with E-state index in [4.69, 9.17) is 0 Å². The Bertz CT molecular complexity index is 326. The van der Waals surface area contributed by atoms with E-state index >= 15 is 0 Å². The van der Waals surface area contributed by atoms with Crippen molar-refractivity contribution in [3.05, 3.63) is 0 Å². The van der Waals surface area contributed by atoms with Gasteiger partial charge in [-0.3, -0.25) is 4.79 Å². The molecule has 0 aromatic rings. The molecule has 3 rings (SSSR count). The number of rotatable bonds is 1. The molecule has 4 heteroatoms. The average Bonchev–Trinajstić information content (AvgIpc) is 2.92. The van der Waals surface area contributed by atoms with E-state index in [1.165, 1.54) is 0 Å². The van der Waals surface area contributed by atoms with Gasteiger partial charge in [-0.1, -0.05) is 0 Å². The summed E-state index contributed by atoms with van der Waals surface area (Å²) >= 11 is 0. The molecule has 5 atom stereocenters. The molecule has 18 heavy (non-hydrogen) atoms. The molecule has 1 amide bonds. The van der Waals surface area contributed by atoms with Crippen LogP contribution in [0.1, 0.15) is 32.6 Å².